The number of alkyl halides is 3. The predicted octanol–water partition coefficient (Wildman–Crippen LogP) is 4.49. The Kier molecular flexibility index (Phi) is 7.86. The van der Waals surface area contributed by atoms with Crippen LogP contribution in [-0.4, -0.2) is 80.7 Å². The Labute approximate surface area is 240 Å². The van der Waals surface area contributed by atoms with E-state index >= 15 is 0 Å². The molecule has 16 heteroatoms. The number of rotatable bonds is 6. The van der Waals surface area contributed by atoms with E-state index in [9.17, 15) is 22.8 Å². The lowest BCUT2D eigenvalue weighted by atomic mass is 10.1. The highest BCUT2D eigenvalue weighted by Gasteiger charge is 2.48. The zero-order valence-electron chi connectivity index (χ0n) is 22.0. The van der Waals surface area contributed by atoms with Gasteiger partial charge in [0, 0.05) is 31.2 Å². The average Bonchev–Trinajstić information content (AvgIpc) is 3.56. The lowest BCUT2D eigenvalue weighted by Gasteiger charge is -2.42. The van der Waals surface area contributed by atoms with Crippen LogP contribution in [0.5, 0.6) is 0 Å². The number of amides is 1. The summed E-state index contributed by atoms with van der Waals surface area (Å²) in [5.74, 6) is -0.946. The first-order chi connectivity index (χ1) is 19.5. The van der Waals surface area contributed by atoms with Gasteiger partial charge in [0.25, 0.3) is 5.91 Å². The van der Waals surface area contributed by atoms with Crippen molar-refractivity contribution >= 4 is 51.3 Å². The lowest BCUT2D eigenvalue weighted by molar-refractivity contribution is -0.177. The summed E-state index contributed by atoms with van der Waals surface area (Å²) in [4.78, 5) is 49.1. The van der Waals surface area contributed by atoms with Crippen LogP contribution in [-0.2, 0) is 4.74 Å². The van der Waals surface area contributed by atoms with Crippen molar-refractivity contribution in [2.24, 2.45) is 0 Å². The van der Waals surface area contributed by atoms with Gasteiger partial charge < -0.3 is 19.9 Å². The van der Waals surface area contributed by atoms with Gasteiger partial charge >= 0.3 is 12.1 Å². The van der Waals surface area contributed by atoms with Gasteiger partial charge in [0.05, 0.1) is 46.3 Å². The first-order valence-corrected chi connectivity index (χ1v) is 13.9. The number of hydrogen-bond donors (Lipinski definition) is 1. The van der Waals surface area contributed by atoms with Crippen LogP contribution in [0, 0.1) is 13.8 Å². The molecule has 1 fully saturated rings. The number of methoxy groups -OCH3 is 1. The number of hydrogen-bond acceptors (Lipinski definition) is 12. The van der Waals surface area contributed by atoms with E-state index < -0.39 is 30.6 Å². The largest absolute Gasteiger partial charge is 0.464 e. The van der Waals surface area contributed by atoms with Gasteiger partial charge in [0.2, 0.25) is 0 Å². The zero-order chi connectivity index (χ0) is 29.3. The molecule has 5 rings (SSSR count). The Hall–Kier alpha value is -4.18. The van der Waals surface area contributed by atoms with E-state index in [1.807, 2.05) is 19.2 Å². The number of nitrogens with one attached hydrogen (secondary N) is 1. The van der Waals surface area contributed by atoms with Gasteiger partial charge in [-0.25, -0.2) is 29.7 Å². The van der Waals surface area contributed by atoms with E-state index in [-0.39, 0.29) is 30.2 Å². The summed E-state index contributed by atoms with van der Waals surface area (Å²) in [6.45, 7) is 3.19. The highest BCUT2D eigenvalue weighted by atomic mass is 32.1. The Morgan fingerprint density at radius 3 is 2.49 bits per heavy atom. The maximum absolute atomic E-state index is 14.1. The number of piperazine rings is 1. The van der Waals surface area contributed by atoms with Crippen LogP contribution < -0.4 is 10.2 Å². The number of carbonyl (C=O) groups is 2. The summed E-state index contributed by atoms with van der Waals surface area (Å²) in [7, 11) is 1.18. The monoisotopic (exact) mass is 604 g/mol. The van der Waals surface area contributed by atoms with Crippen molar-refractivity contribution in [3.05, 3.63) is 58.1 Å². The second-order valence-electron chi connectivity index (χ2n) is 9.00. The van der Waals surface area contributed by atoms with Crippen LogP contribution in [0.25, 0.3) is 10.6 Å². The van der Waals surface area contributed by atoms with Crippen LogP contribution in [0.2, 0.25) is 0 Å². The maximum atomic E-state index is 14.1. The van der Waals surface area contributed by atoms with Crippen molar-refractivity contribution in [1.29, 1.82) is 0 Å². The predicted molar refractivity (Wildman–Crippen MR) is 147 cm³/mol. The number of aryl methyl sites for hydroxylation is 2. The average molecular weight is 605 g/mol. The van der Waals surface area contributed by atoms with E-state index in [4.69, 9.17) is 0 Å². The van der Waals surface area contributed by atoms with Gasteiger partial charge in [-0.1, -0.05) is 0 Å². The Bertz CT molecular complexity index is 1560. The van der Waals surface area contributed by atoms with E-state index in [0.717, 1.165) is 32.4 Å². The molecule has 1 saturated heterocycles. The van der Waals surface area contributed by atoms with Gasteiger partial charge in [-0.2, -0.15) is 13.2 Å². The Morgan fingerprint density at radius 2 is 1.88 bits per heavy atom. The van der Waals surface area contributed by atoms with E-state index in [1.165, 1.54) is 47.9 Å². The molecule has 5 heterocycles. The quantitative estimate of drug-likeness (QED) is 0.315. The molecule has 1 unspecified atom stereocenters. The number of thiazole rings is 2. The first-order valence-electron chi connectivity index (χ1n) is 12.2. The van der Waals surface area contributed by atoms with Crippen molar-refractivity contribution < 1.29 is 27.5 Å². The minimum Gasteiger partial charge on any atom is -0.464 e. The number of halogens is 3. The third-order valence-electron chi connectivity index (χ3n) is 6.26. The molecule has 4 aromatic heterocycles. The molecule has 0 radical (unpaired) electrons. The standard InChI is InChI=1S/C25H23F3N8O3S2/c1-13-21(41-14(2)32-13)17-12-40-24(33-17)34-19-5-4-15(8-30-19)22(37)36-7-6-35(11-18(36)25(26,27)28)20-10-29-16(9-31-20)23(38)39-3/h4-5,8-10,12,18H,6-7,11H2,1-3H3,(H,30,33,34). The topological polar surface area (TPSA) is 126 Å². The Balaban J connectivity index is 1.27. The molecular weight excluding hydrogens is 581 g/mol. The van der Waals surface area contributed by atoms with Gasteiger partial charge in [-0.05, 0) is 26.0 Å². The highest BCUT2D eigenvalue weighted by molar-refractivity contribution is 7.16. The second-order valence-corrected chi connectivity index (χ2v) is 11.1. The third kappa shape index (κ3) is 6.12. The number of anilines is 3. The number of carbonyl (C=O) groups excluding carboxylic acids is 2. The molecular formula is C25H23F3N8O3S2. The molecule has 0 spiro atoms. The molecule has 11 nitrogen and oxygen atoms in total. The SMILES string of the molecule is COC(=O)c1cnc(N2CCN(C(=O)c3ccc(Nc4nc(-c5sc(C)nc5C)cs4)nc3)C(C(F)(F)F)C2)cn1. The fraction of sp³-hybridized carbons (Fsp3) is 0.320. The summed E-state index contributed by atoms with van der Waals surface area (Å²) >= 11 is 2.92. The van der Waals surface area contributed by atoms with E-state index in [1.54, 1.807) is 11.3 Å². The van der Waals surface area contributed by atoms with Gasteiger partial charge in [0.1, 0.15) is 17.7 Å². The zero-order valence-corrected chi connectivity index (χ0v) is 23.6. The normalized spacial score (nSPS) is 15.6. The molecule has 1 amide bonds. The van der Waals surface area contributed by atoms with Crippen LogP contribution >= 0.6 is 22.7 Å². The second kappa shape index (κ2) is 11.4. The van der Waals surface area contributed by atoms with Crippen LogP contribution in [0.4, 0.5) is 29.9 Å². The van der Waals surface area contributed by atoms with Gasteiger partial charge in [0.15, 0.2) is 10.8 Å². The number of esters is 1. The molecule has 0 saturated carbocycles. The summed E-state index contributed by atoms with van der Waals surface area (Å²) in [6.07, 6.45) is -1.11. The number of aromatic nitrogens is 5. The minimum atomic E-state index is -4.69. The summed E-state index contributed by atoms with van der Waals surface area (Å²) in [5.41, 5.74) is 1.64. The van der Waals surface area contributed by atoms with Crippen LogP contribution in [0.1, 0.15) is 31.5 Å². The Morgan fingerprint density at radius 1 is 1.07 bits per heavy atom. The summed E-state index contributed by atoms with van der Waals surface area (Å²) in [6, 6.07) is 0.865. The molecule has 0 aromatic carbocycles. The van der Waals surface area contributed by atoms with Gasteiger partial charge in [-0.3, -0.25) is 4.79 Å². The van der Waals surface area contributed by atoms with Crippen molar-refractivity contribution in [2.75, 3.05) is 37.0 Å². The molecule has 1 N–H and O–H groups in total. The molecule has 1 aliphatic rings. The molecule has 1 aliphatic heterocycles. The van der Waals surface area contributed by atoms with E-state index in [0.29, 0.717) is 10.9 Å². The first kappa shape index (κ1) is 28.4. The molecule has 214 valence electrons. The number of ether oxygens (including phenoxy) is 1. The smallest absolute Gasteiger partial charge is 0.410 e. The van der Waals surface area contributed by atoms with Crippen molar-refractivity contribution in [2.45, 2.75) is 26.1 Å². The van der Waals surface area contributed by atoms with Crippen LogP contribution in [0.15, 0.2) is 36.1 Å². The highest BCUT2D eigenvalue weighted by Crippen LogP contribution is 2.33. The van der Waals surface area contributed by atoms with Crippen LogP contribution in [0.3, 0.4) is 0 Å². The summed E-state index contributed by atoms with van der Waals surface area (Å²) in [5, 5.41) is 6.48. The molecule has 41 heavy (non-hydrogen) atoms. The number of nitrogens with zero attached hydrogens (tertiary/aromatic N) is 7. The number of pyridine rings is 1. The molecule has 0 aliphatic carbocycles. The third-order valence-corrected chi connectivity index (χ3v) is 8.11. The summed E-state index contributed by atoms with van der Waals surface area (Å²) < 4.78 is 46.8. The van der Waals surface area contributed by atoms with Crippen molar-refractivity contribution in [3.8, 4) is 10.6 Å². The van der Waals surface area contributed by atoms with Crippen molar-refractivity contribution in [3.63, 3.8) is 0 Å². The molecule has 0 bridgehead atoms. The molecule has 4 aromatic rings. The van der Waals surface area contributed by atoms with Crippen molar-refractivity contribution in [1.82, 2.24) is 29.8 Å². The fourth-order valence-electron chi connectivity index (χ4n) is 4.28. The maximum Gasteiger partial charge on any atom is 0.410 e. The fourth-order valence-corrected chi connectivity index (χ4v) is 5.95. The molecule has 1 atom stereocenters. The lowest BCUT2D eigenvalue weighted by Crippen LogP contribution is -2.61. The van der Waals surface area contributed by atoms with E-state index in [2.05, 4.69) is 35.0 Å². The van der Waals surface area contributed by atoms with Gasteiger partial charge in [-0.15, -0.1) is 22.7 Å². The minimum absolute atomic E-state index is 0.0241.